The molecule has 50 heavy (non-hydrogen) atoms. The third-order valence-electron chi connectivity index (χ3n) is 9.68. The zero-order valence-corrected chi connectivity index (χ0v) is 28.7. The molecule has 6 atom stereocenters. The van der Waals surface area contributed by atoms with Crippen LogP contribution in [-0.4, -0.2) is 51.7 Å². The second-order valence-electron chi connectivity index (χ2n) is 13.1. The Morgan fingerprint density at radius 1 is 0.860 bits per heavy atom. The van der Waals surface area contributed by atoms with E-state index in [9.17, 15) is 15.0 Å². The summed E-state index contributed by atoms with van der Waals surface area (Å²) in [5.74, 6) is -0.174. The zero-order valence-electron chi connectivity index (χ0n) is 28.7. The van der Waals surface area contributed by atoms with Crippen molar-refractivity contribution in [3.05, 3.63) is 161 Å². The van der Waals surface area contributed by atoms with Crippen LogP contribution in [0.15, 0.2) is 128 Å². The largest absolute Gasteiger partial charge is 0.392 e. The van der Waals surface area contributed by atoms with Gasteiger partial charge in [0.1, 0.15) is 0 Å². The lowest BCUT2D eigenvalue weighted by molar-refractivity contribution is -0.276. The molecule has 1 aromatic heterocycles. The van der Waals surface area contributed by atoms with Crippen LogP contribution < -0.4 is 5.32 Å². The predicted octanol–water partition coefficient (Wildman–Crippen LogP) is 7.02. The van der Waals surface area contributed by atoms with Gasteiger partial charge in [-0.15, -0.1) is 0 Å². The summed E-state index contributed by atoms with van der Waals surface area (Å²) in [7, 11) is 2.02. The van der Waals surface area contributed by atoms with Gasteiger partial charge in [-0.3, -0.25) is 14.7 Å². The van der Waals surface area contributed by atoms with E-state index in [1.807, 2.05) is 92.8 Å². The van der Waals surface area contributed by atoms with Crippen molar-refractivity contribution in [3.8, 4) is 11.1 Å². The highest BCUT2D eigenvalue weighted by molar-refractivity contribution is 5.93. The van der Waals surface area contributed by atoms with Crippen LogP contribution in [0.4, 0.5) is 0 Å². The third-order valence-corrected chi connectivity index (χ3v) is 9.68. The molecule has 0 aliphatic carbocycles. The van der Waals surface area contributed by atoms with E-state index in [0.29, 0.717) is 18.7 Å². The third kappa shape index (κ3) is 8.35. The summed E-state index contributed by atoms with van der Waals surface area (Å²) in [5.41, 5.74) is 7.15. The van der Waals surface area contributed by atoms with E-state index >= 15 is 0 Å². The maximum absolute atomic E-state index is 12.6. The Hall–Kier alpha value is -4.70. The Kier molecular flexibility index (Phi) is 11.5. The maximum Gasteiger partial charge on any atom is 0.253 e. The summed E-state index contributed by atoms with van der Waals surface area (Å²) in [6, 6.07) is 37.3. The van der Waals surface area contributed by atoms with Gasteiger partial charge in [-0.05, 0) is 71.6 Å². The van der Waals surface area contributed by atoms with Crippen molar-refractivity contribution in [1.82, 2.24) is 15.2 Å². The second-order valence-corrected chi connectivity index (χ2v) is 13.1. The molecule has 8 nitrogen and oxygen atoms in total. The average Bonchev–Trinajstić information content (AvgIpc) is 3.18. The van der Waals surface area contributed by atoms with E-state index in [1.54, 1.807) is 24.5 Å². The zero-order chi connectivity index (χ0) is 35.0. The Morgan fingerprint density at radius 2 is 1.60 bits per heavy atom. The van der Waals surface area contributed by atoms with Gasteiger partial charge in [-0.2, -0.15) is 0 Å². The number of carbonyl (C=O) groups excluding carboxylic acids is 1. The number of likely N-dealkylation sites (N-methyl/N-ethyl adjacent to an activating group) is 1. The molecule has 0 saturated carbocycles. The molecule has 1 aliphatic heterocycles. The van der Waals surface area contributed by atoms with Crippen molar-refractivity contribution in [2.24, 2.45) is 5.92 Å². The number of aromatic nitrogens is 1. The molecule has 6 rings (SSSR count). The molecule has 0 radical (unpaired) electrons. The molecule has 4 aromatic carbocycles. The van der Waals surface area contributed by atoms with E-state index in [-0.39, 0.29) is 36.7 Å². The molecule has 0 bridgehead atoms. The van der Waals surface area contributed by atoms with Crippen LogP contribution in [0.3, 0.4) is 0 Å². The molecule has 6 unspecified atom stereocenters. The number of nitrogens with one attached hydrogen (secondary N) is 1. The van der Waals surface area contributed by atoms with Gasteiger partial charge in [0.25, 0.3) is 5.91 Å². The van der Waals surface area contributed by atoms with Gasteiger partial charge in [0, 0.05) is 43.0 Å². The first-order valence-electron chi connectivity index (χ1n) is 17.1. The smallest absolute Gasteiger partial charge is 0.253 e. The fourth-order valence-electron chi connectivity index (χ4n) is 6.46. The number of hydrogen-bond acceptors (Lipinski definition) is 7. The predicted molar refractivity (Wildman–Crippen MR) is 194 cm³/mol. The topological polar surface area (TPSA) is 104 Å². The minimum Gasteiger partial charge on any atom is -0.392 e. The van der Waals surface area contributed by atoms with Crippen LogP contribution in [0.2, 0.25) is 0 Å². The lowest BCUT2D eigenvalue weighted by Gasteiger charge is -2.43. The Labute approximate surface area is 294 Å². The fourth-order valence-corrected chi connectivity index (χ4v) is 6.46. The summed E-state index contributed by atoms with van der Waals surface area (Å²) in [6.07, 6.45) is 1.45. The summed E-state index contributed by atoms with van der Waals surface area (Å²) in [6.45, 7) is 5.13. The fraction of sp³-hybridized carbons (Fsp3) is 0.286. The van der Waals surface area contributed by atoms with Gasteiger partial charge >= 0.3 is 0 Å². The standard InChI is InChI=1S/C42H45N3O5/c1-28-38(26-45(3)29(2)39(47)32-11-5-4-6-12-32)49-42(50-40(28)33-19-17-30(27-46)18-20-33)36-15-8-14-35(23-36)34-13-7-10-31(22-34)24-44-41(48)37-16-9-21-43-25-37/h4-23,25,28-29,38-40,42,46-47H,24,26-27H2,1-3H3,(H,44,48). The van der Waals surface area contributed by atoms with Crippen LogP contribution in [0.1, 0.15) is 70.5 Å². The van der Waals surface area contributed by atoms with E-state index in [0.717, 1.165) is 38.9 Å². The molecule has 258 valence electrons. The number of pyridine rings is 1. The molecular weight excluding hydrogens is 626 g/mol. The number of amides is 1. The highest BCUT2D eigenvalue weighted by atomic mass is 16.7. The minimum absolute atomic E-state index is 0.00325. The van der Waals surface area contributed by atoms with Crippen molar-refractivity contribution in [2.75, 3.05) is 13.6 Å². The molecule has 8 heteroatoms. The van der Waals surface area contributed by atoms with Crippen LogP contribution in [0, 0.1) is 5.92 Å². The van der Waals surface area contributed by atoms with Crippen molar-refractivity contribution in [1.29, 1.82) is 0 Å². The molecule has 5 aromatic rings. The SMILES string of the molecule is CC1C(CN(C)C(C)C(O)c2ccccc2)OC(c2cccc(-c3cccc(CNC(=O)c4cccnc4)c3)c2)OC1c1ccc(CO)cc1. The number of hydrogen-bond donors (Lipinski definition) is 3. The summed E-state index contributed by atoms with van der Waals surface area (Å²) in [5, 5.41) is 23.8. The highest BCUT2D eigenvalue weighted by Crippen LogP contribution is 2.42. The van der Waals surface area contributed by atoms with E-state index in [4.69, 9.17) is 9.47 Å². The van der Waals surface area contributed by atoms with Gasteiger partial charge in [0.2, 0.25) is 0 Å². The number of nitrogens with zero attached hydrogens (tertiary/aromatic N) is 2. The monoisotopic (exact) mass is 671 g/mol. The van der Waals surface area contributed by atoms with Gasteiger partial charge in [-0.25, -0.2) is 0 Å². The first kappa shape index (κ1) is 35.1. The van der Waals surface area contributed by atoms with Crippen molar-refractivity contribution in [2.45, 2.75) is 57.6 Å². The van der Waals surface area contributed by atoms with Crippen molar-refractivity contribution in [3.63, 3.8) is 0 Å². The molecule has 2 heterocycles. The quantitative estimate of drug-likeness (QED) is 0.131. The molecule has 1 fully saturated rings. The van der Waals surface area contributed by atoms with Crippen LogP contribution >= 0.6 is 0 Å². The summed E-state index contributed by atoms with van der Waals surface area (Å²) >= 11 is 0. The number of aliphatic hydroxyl groups excluding tert-OH is 2. The Bertz CT molecular complexity index is 1840. The van der Waals surface area contributed by atoms with Crippen LogP contribution in [0.25, 0.3) is 11.1 Å². The maximum atomic E-state index is 12.6. The van der Waals surface area contributed by atoms with E-state index < -0.39 is 12.4 Å². The van der Waals surface area contributed by atoms with Gasteiger partial charge in [0.05, 0.1) is 30.5 Å². The summed E-state index contributed by atoms with van der Waals surface area (Å²) < 4.78 is 13.5. The number of rotatable bonds is 12. The second kappa shape index (κ2) is 16.3. The van der Waals surface area contributed by atoms with E-state index in [1.165, 1.54) is 0 Å². The Balaban J connectivity index is 1.22. The molecule has 1 amide bonds. The first-order chi connectivity index (χ1) is 24.3. The first-order valence-corrected chi connectivity index (χ1v) is 17.1. The Morgan fingerprint density at radius 3 is 2.32 bits per heavy atom. The van der Waals surface area contributed by atoms with Crippen molar-refractivity contribution < 1.29 is 24.5 Å². The number of benzene rings is 4. The van der Waals surface area contributed by atoms with Gasteiger partial charge < -0.3 is 25.0 Å². The highest BCUT2D eigenvalue weighted by Gasteiger charge is 2.39. The number of aliphatic hydroxyl groups is 2. The molecule has 1 saturated heterocycles. The average molecular weight is 672 g/mol. The summed E-state index contributed by atoms with van der Waals surface area (Å²) in [4.78, 5) is 18.8. The normalized spacial score (nSPS) is 20.3. The number of ether oxygens (including phenoxy) is 2. The molecular formula is C42H45N3O5. The minimum atomic E-state index is -0.648. The van der Waals surface area contributed by atoms with Crippen LogP contribution in [-0.2, 0) is 22.6 Å². The lowest BCUT2D eigenvalue weighted by Crippen LogP contribution is -2.46. The molecule has 1 aliphatic rings. The van der Waals surface area contributed by atoms with Crippen LogP contribution in [0.5, 0.6) is 0 Å². The number of carbonyl (C=O) groups is 1. The lowest BCUT2D eigenvalue weighted by atomic mass is 9.89. The molecule has 0 spiro atoms. The van der Waals surface area contributed by atoms with Gasteiger partial charge in [0.15, 0.2) is 6.29 Å². The van der Waals surface area contributed by atoms with Crippen molar-refractivity contribution >= 4 is 5.91 Å². The van der Waals surface area contributed by atoms with E-state index in [2.05, 4.69) is 46.4 Å². The van der Waals surface area contributed by atoms with Gasteiger partial charge in [-0.1, -0.05) is 97.9 Å². The molecule has 3 N–H and O–H groups in total.